The first kappa shape index (κ1) is 22.6. The Morgan fingerprint density at radius 3 is 2.39 bits per heavy atom. The van der Waals surface area contributed by atoms with Crippen LogP contribution in [0.15, 0.2) is 48.5 Å². The van der Waals surface area contributed by atoms with E-state index in [-0.39, 0.29) is 12.4 Å². The molecule has 0 amide bonds. The lowest BCUT2D eigenvalue weighted by molar-refractivity contribution is 0.247. The largest absolute Gasteiger partial charge is 0.487 e. The van der Waals surface area contributed by atoms with E-state index in [2.05, 4.69) is 4.98 Å². The summed E-state index contributed by atoms with van der Waals surface area (Å²) in [6.07, 6.45) is 0.510. The lowest BCUT2D eigenvalue weighted by atomic mass is 10.0. The Morgan fingerprint density at radius 2 is 1.68 bits per heavy atom. The van der Waals surface area contributed by atoms with Gasteiger partial charge in [-0.3, -0.25) is 0 Å². The number of ether oxygens (including phenoxy) is 2. The minimum atomic E-state index is -1.49. The van der Waals surface area contributed by atoms with Crippen LogP contribution in [0.25, 0.3) is 11.1 Å². The van der Waals surface area contributed by atoms with Crippen molar-refractivity contribution in [2.24, 2.45) is 5.73 Å². The normalized spacial score (nSPS) is 11.1. The predicted octanol–water partition coefficient (Wildman–Crippen LogP) is 4.75. The van der Waals surface area contributed by atoms with Gasteiger partial charge in [-0.15, -0.1) is 0 Å². The number of aromatic nitrogens is 1. The highest BCUT2D eigenvalue weighted by atomic mass is 19.2. The molecule has 0 aliphatic rings. The Bertz CT molecular complexity index is 1040. The molecular formula is C23H24F3N3O2. The van der Waals surface area contributed by atoms with Gasteiger partial charge in [0.1, 0.15) is 5.75 Å². The van der Waals surface area contributed by atoms with E-state index in [4.69, 9.17) is 15.2 Å². The Kier molecular flexibility index (Phi) is 7.49. The Hall–Kier alpha value is -3.10. The van der Waals surface area contributed by atoms with E-state index >= 15 is 0 Å². The van der Waals surface area contributed by atoms with Gasteiger partial charge in [0.05, 0.1) is 6.61 Å². The third kappa shape index (κ3) is 5.74. The van der Waals surface area contributed by atoms with Crippen LogP contribution in [0, 0.1) is 17.6 Å². The number of rotatable bonds is 9. The smallest absolute Gasteiger partial charge is 0.262 e. The van der Waals surface area contributed by atoms with Crippen molar-refractivity contribution in [1.82, 2.24) is 9.88 Å². The van der Waals surface area contributed by atoms with Crippen molar-refractivity contribution in [3.63, 3.8) is 0 Å². The van der Waals surface area contributed by atoms with Gasteiger partial charge in [0, 0.05) is 13.1 Å². The zero-order valence-electron chi connectivity index (χ0n) is 17.4. The fourth-order valence-electron chi connectivity index (χ4n) is 2.95. The average molecular weight is 431 g/mol. The summed E-state index contributed by atoms with van der Waals surface area (Å²) in [5, 5.41) is 0. The van der Waals surface area contributed by atoms with Crippen molar-refractivity contribution in [3.8, 4) is 28.5 Å². The summed E-state index contributed by atoms with van der Waals surface area (Å²) >= 11 is 0. The maximum absolute atomic E-state index is 14.8. The molecule has 0 fully saturated rings. The molecule has 0 saturated carbocycles. The number of nitrogens with zero attached hydrogens (tertiary/aromatic N) is 2. The zero-order valence-corrected chi connectivity index (χ0v) is 17.4. The van der Waals surface area contributed by atoms with Crippen LogP contribution in [0.5, 0.6) is 17.4 Å². The molecule has 164 valence electrons. The van der Waals surface area contributed by atoms with Crippen molar-refractivity contribution in [2.75, 3.05) is 27.2 Å². The summed E-state index contributed by atoms with van der Waals surface area (Å²) in [5.41, 5.74) is 8.32. The van der Waals surface area contributed by atoms with E-state index in [0.29, 0.717) is 19.5 Å². The maximum Gasteiger partial charge on any atom is 0.262 e. The molecule has 0 spiro atoms. The van der Waals surface area contributed by atoms with Crippen LogP contribution in [0.4, 0.5) is 13.2 Å². The van der Waals surface area contributed by atoms with Crippen molar-refractivity contribution >= 4 is 0 Å². The fraction of sp³-hybridized carbons (Fsp3) is 0.261. The third-order valence-corrected chi connectivity index (χ3v) is 4.51. The van der Waals surface area contributed by atoms with Crippen molar-refractivity contribution in [2.45, 2.75) is 13.0 Å². The Morgan fingerprint density at radius 1 is 0.968 bits per heavy atom. The average Bonchev–Trinajstić information content (AvgIpc) is 2.77. The van der Waals surface area contributed by atoms with Crippen LogP contribution < -0.4 is 15.2 Å². The van der Waals surface area contributed by atoms with Gasteiger partial charge in [-0.25, -0.2) is 0 Å². The summed E-state index contributed by atoms with van der Waals surface area (Å²) in [4.78, 5) is 5.17. The third-order valence-electron chi connectivity index (χ3n) is 4.51. The van der Waals surface area contributed by atoms with E-state index < -0.39 is 29.2 Å². The molecule has 3 aromatic rings. The lowest BCUT2D eigenvalue weighted by Crippen LogP contribution is -2.16. The van der Waals surface area contributed by atoms with Gasteiger partial charge < -0.3 is 20.1 Å². The topological polar surface area (TPSA) is 60.6 Å². The van der Waals surface area contributed by atoms with Crippen molar-refractivity contribution < 1.29 is 22.6 Å². The van der Waals surface area contributed by atoms with Crippen LogP contribution in [0.1, 0.15) is 12.0 Å². The minimum absolute atomic E-state index is 0.0158. The molecule has 31 heavy (non-hydrogen) atoms. The summed E-state index contributed by atoms with van der Waals surface area (Å²) in [5.74, 6) is -5.50. The zero-order chi connectivity index (χ0) is 22.4. The summed E-state index contributed by atoms with van der Waals surface area (Å²) in [6, 6.07) is 14.4. The van der Waals surface area contributed by atoms with E-state index in [0.717, 1.165) is 16.7 Å². The molecule has 0 aliphatic carbocycles. The number of benzene rings is 2. The van der Waals surface area contributed by atoms with E-state index in [1.807, 2.05) is 49.3 Å². The fourth-order valence-corrected chi connectivity index (χ4v) is 2.95. The van der Waals surface area contributed by atoms with Crippen molar-refractivity contribution in [1.29, 1.82) is 0 Å². The molecule has 0 atom stereocenters. The molecular weight excluding hydrogens is 407 g/mol. The minimum Gasteiger partial charge on any atom is -0.487 e. The van der Waals surface area contributed by atoms with Crippen LogP contribution in [-0.4, -0.2) is 37.1 Å². The van der Waals surface area contributed by atoms with Gasteiger partial charge in [-0.05, 0) is 55.4 Å². The molecule has 8 heteroatoms. The van der Waals surface area contributed by atoms with E-state index in [1.54, 1.807) is 18.2 Å². The Labute approximate surface area is 179 Å². The van der Waals surface area contributed by atoms with Crippen molar-refractivity contribution in [3.05, 3.63) is 71.7 Å². The summed E-state index contributed by atoms with van der Waals surface area (Å²) < 4.78 is 53.4. The quantitative estimate of drug-likeness (QED) is 0.392. The molecule has 0 radical (unpaired) electrons. The van der Waals surface area contributed by atoms with Gasteiger partial charge >= 0.3 is 0 Å². The maximum atomic E-state index is 14.8. The summed E-state index contributed by atoms with van der Waals surface area (Å²) in [6.45, 7) is 1.06. The van der Waals surface area contributed by atoms with Gasteiger partial charge in [0.15, 0.2) is 0 Å². The summed E-state index contributed by atoms with van der Waals surface area (Å²) in [7, 11) is 3.72. The second-order valence-corrected chi connectivity index (χ2v) is 7.20. The molecule has 0 bridgehead atoms. The van der Waals surface area contributed by atoms with Gasteiger partial charge in [0.2, 0.25) is 17.4 Å². The second kappa shape index (κ2) is 10.3. The van der Waals surface area contributed by atoms with Gasteiger partial charge in [-0.1, -0.05) is 30.3 Å². The number of pyridine rings is 1. The monoisotopic (exact) mass is 431 g/mol. The molecule has 2 N–H and O–H groups in total. The standard InChI is InChI=1S/C23H24F3N3O2/c1-29(2)10-5-11-30-21-19(24)22(26)28-23(20(21)25)31-18-9-4-8-17(13-18)16-7-3-6-15(12-16)14-27/h3-4,6-9,12-13H,5,10-11,14,27H2,1-2H3. The molecule has 0 aliphatic heterocycles. The number of halogens is 3. The predicted molar refractivity (Wildman–Crippen MR) is 113 cm³/mol. The molecule has 0 unspecified atom stereocenters. The highest BCUT2D eigenvalue weighted by Crippen LogP contribution is 2.33. The van der Waals surface area contributed by atoms with Crippen LogP contribution in [-0.2, 0) is 6.54 Å². The number of hydrogen-bond acceptors (Lipinski definition) is 5. The first-order valence-corrected chi connectivity index (χ1v) is 9.78. The van der Waals surface area contributed by atoms with E-state index in [1.165, 1.54) is 0 Å². The first-order valence-electron chi connectivity index (χ1n) is 9.78. The molecule has 5 nitrogen and oxygen atoms in total. The highest BCUT2D eigenvalue weighted by Gasteiger charge is 2.23. The molecule has 0 saturated heterocycles. The van der Waals surface area contributed by atoms with Crippen LogP contribution in [0.2, 0.25) is 0 Å². The molecule has 2 aromatic carbocycles. The Balaban J connectivity index is 1.84. The SMILES string of the molecule is CN(C)CCCOc1c(F)c(F)nc(Oc2cccc(-c3cccc(CN)c3)c2)c1F. The lowest BCUT2D eigenvalue weighted by Gasteiger charge is -2.14. The first-order chi connectivity index (χ1) is 14.9. The molecule has 3 rings (SSSR count). The van der Waals surface area contributed by atoms with Crippen LogP contribution in [0.3, 0.4) is 0 Å². The van der Waals surface area contributed by atoms with Crippen LogP contribution >= 0.6 is 0 Å². The number of nitrogens with two attached hydrogens (primary N) is 1. The second-order valence-electron chi connectivity index (χ2n) is 7.20. The number of hydrogen-bond donors (Lipinski definition) is 1. The highest BCUT2D eigenvalue weighted by molar-refractivity contribution is 5.66. The van der Waals surface area contributed by atoms with E-state index in [9.17, 15) is 13.2 Å². The molecule has 1 heterocycles. The van der Waals surface area contributed by atoms with Gasteiger partial charge in [0.25, 0.3) is 11.8 Å². The van der Waals surface area contributed by atoms with Gasteiger partial charge in [-0.2, -0.15) is 18.2 Å². The molecule has 1 aromatic heterocycles.